The fraction of sp³-hybridized carbons (Fsp3) is 0.500. The zero-order valence-electron chi connectivity index (χ0n) is 11.5. The first-order valence-corrected chi connectivity index (χ1v) is 8.13. The van der Waals surface area contributed by atoms with Gasteiger partial charge in [0.25, 0.3) is 5.69 Å². The lowest BCUT2D eigenvalue weighted by molar-refractivity contribution is -0.384. The van der Waals surface area contributed by atoms with E-state index in [1.807, 2.05) is 0 Å². The van der Waals surface area contributed by atoms with Crippen LogP contribution in [0.3, 0.4) is 0 Å². The first-order chi connectivity index (χ1) is 9.91. The molecule has 116 valence electrons. The normalized spacial score (nSPS) is 18.4. The third kappa shape index (κ3) is 4.05. The van der Waals surface area contributed by atoms with Crippen molar-refractivity contribution in [3.63, 3.8) is 0 Å². The van der Waals surface area contributed by atoms with Crippen LogP contribution in [0.15, 0.2) is 18.2 Å². The SMILES string of the molecule is COc1cc([N+](=O)[O-])ccc1NS(=O)(=O)CC1CCCN1. The predicted octanol–water partition coefficient (Wildman–Crippen LogP) is 1.10. The summed E-state index contributed by atoms with van der Waals surface area (Å²) < 4.78 is 31.6. The number of sulfonamides is 1. The van der Waals surface area contributed by atoms with Crippen LogP contribution in [0, 0.1) is 10.1 Å². The molecule has 1 unspecified atom stereocenters. The fourth-order valence-corrected chi connectivity index (χ4v) is 3.65. The highest BCUT2D eigenvalue weighted by molar-refractivity contribution is 7.92. The van der Waals surface area contributed by atoms with E-state index in [9.17, 15) is 18.5 Å². The third-order valence-corrected chi connectivity index (χ3v) is 4.62. The van der Waals surface area contributed by atoms with Crippen LogP contribution in [0.1, 0.15) is 12.8 Å². The molecule has 1 fully saturated rings. The Hall–Kier alpha value is -1.87. The topological polar surface area (TPSA) is 111 Å². The van der Waals surface area contributed by atoms with E-state index in [1.165, 1.54) is 25.3 Å². The largest absolute Gasteiger partial charge is 0.494 e. The van der Waals surface area contributed by atoms with E-state index in [0.717, 1.165) is 19.4 Å². The number of nitro benzene ring substituents is 1. The van der Waals surface area contributed by atoms with Gasteiger partial charge in [-0.15, -0.1) is 0 Å². The van der Waals surface area contributed by atoms with E-state index < -0.39 is 14.9 Å². The molecule has 0 spiro atoms. The van der Waals surface area contributed by atoms with Crippen molar-refractivity contribution in [3.05, 3.63) is 28.3 Å². The molecule has 2 N–H and O–H groups in total. The molecule has 1 aliphatic heterocycles. The molecule has 1 aliphatic rings. The maximum Gasteiger partial charge on any atom is 0.273 e. The van der Waals surface area contributed by atoms with Gasteiger partial charge < -0.3 is 10.1 Å². The monoisotopic (exact) mass is 315 g/mol. The molecule has 8 nitrogen and oxygen atoms in total. The molecular formula is C12H17N3O5S. The Morgan fingerprint density at radius 2 is 2.29 bits per heavy atom. The van der Waals surface area contributed by atoms with Crippen molar-refractivity contribution in [1.29, 1.82) is 0 Å². The molecule has 0 radical (unpaired) electrons. The van der Waals surface area contributed by atoms with Crippen LogP contribution >= 0.6 is 0 Å². The maximum atomic E-state index is 12.1. The second-order valence-electron chi connectivity index (χ2n) is 4.82. The van der Waals surface area contributed by atoms with Gasteiger partial charge in [-0.05, 0) is 25.5 Å². The minimum atomic E-state index is -3.55. The van der Waals surface area contributed by atoms with Crippen molar-refractivity contribution in [2.45, 2.75) is 18.9 Å². The van der Waals surface area contributed by atoms with Crippen molar-refractivity contribution in [2.75, 3.05) is 24.1 Å². The van der Waals surface area contributed by atoms with Gasteiger partial charge in [-0.1, -0.05) is 0 Å². The summed E-state index contributed by atoms with van der Waals surface area (Å²) in [6, 6.07) is 3.68. The number of non-ortho nitro benzene ring substituents is 1. The molecule has 0 aromatic heterocycles. The average Bonchev–Trinajstić information content (AvgIpc) is 2.90. The Morgan fingerprint density at radius 1 is 1.52 bits per heavy atom. The summed E-state index contributed by atoms with van der Waals surface area (Å²) in [4.78, 5) is 10.1. The van der Waals surface area contributed by atoms with E-state index in [0.29, 0.717) is 0 Å². The fourth-order valence-electron chi connectivity index (χ4n) is 2.25. The standard InChI is InChI=1S/C12H17N3O5S/c1-20-12-7-10(15(16)17)4-5-11(12)14-21(18,19)8-9-3-2-6-13-9/h4-5,7,9,13-14H,2-3,6,8H2,1H3. The number of nitro groups is 1. The van der Waals surface area contributed by atoms with Gasteiger partial charge in [0.2, 0.25) is 10.0 Å². The molecule has 0 amide bonds. The molecule has 1 atom stereocenters. The molecule has 1 aromatic carbocycles. The van der Waals surface area contributed by atoms with Crippen LogP contribution in [0.5, 0.6) is 5.75 Å². The van der Waals surface area contributed by atoms with E-state index in [4.69, 9.17) is 4.74 Å². The van der Waals surface area contributed by atoms with Crippen molar-refractivity contribution in [3.8, 4) is 5.75 Å². The minimum Gasteiger partial charge on any atom is -0.494 e. The molecule has 0 aliphatic carbocycles. The number of hydrogen-bond donors (Lipinski definition) is 2. The van der Waals surface area contributed by atoms with E-state index >= 15 is 0 Å². The Labute approximate surface area is 122 Å². The minimum absolute atomic E-state index is 0.0346. The Kier molecular flexibility index (Phi) is 4.63. The van der Waals surface area contributed by atoms with Crippen LogP contribution in [0.25, 0.3) is 0 Å². The smallest absolute Gasteiger partial charge is 0.273 e. The van der Waals surface area contributed by atoms with Crippen LogP contribution in [-0.4, -0.2) is 38.8 Å². The number of benzene rings is 1. The van der Waals surface area contributed by atoms with Crippen molar-refractivity contribution in [1.82, 2.24) is 5.32 Å². The van der Waals surface area contributed by atoms with Crippen LogP contribution in [0.2, 0.25) is 0 Å². The van der Waals surface area contributed by atoms with Gasteiger partial charge in [0.1, 0.15) is 5.75 Å². The van der Waals surface area contributed by atoms with Crippen LogP contribution < -0.4 is 14.8 Å². The summed E-state index contributed by atoms with van der Waals surface area (Å²) in [6.45, 7) is 0.820. The van der Waals surface area contributed by atoms with Crippen LogP contribution in [-0.2, 0) is 10.0 Å². The van der Waals surface area contributed by atoms with Crippen molar-refractivity contribution >= 4 is 21.4 Å². The summed E-state index contributed by atoms with van der Waals surface area (Å²) in [5.41, 5.74) is 0.0355. The molecule has 21 heavy (non-hydrogen) atoms. The van der Waals surface area contributed by atoms with E-state index in [1.54, 1.807) is 0 Å². The second kappa shape index (κ2) is 6.27. The van der Waals surface area contributed by atoms with Gasteiger partial charge in [-0.25, -0.2) is 8.42 Å². The van der Waals surface area contributed by atoms with Crippen LogP contribution in [0.4, 0.5) is 11.4 Å². The number of methoxy groups -OCH3 is 1. The summed E-state index contributed by atoms with van der Waals surface area (Å²) in [7, 11) is -2.22. The van der Waals surface area contributed by atoms with Crippen molar-refractivity contribution < 1.29 is 18.1 Å². The summed E-state index contributed by atoms with van der Waals surface area (Å²) in [6.07, 6.45) is 1.78. The lowest BCUT2D eigenvalue weighted by atomic mass is 10.2. The number of nitrogens with zero attached hydrogens (tertiary/aromatic N) is 1. The first kappa shape index (κ1) is 15.5. The number of nitrogens with one attached hydrogen (secondary N) is 2. The van der Waals surface area contributed by atoms with Gasteiger partial charge in [0.05, 0.1) is 29.5 Å². The summed E-state index contributed by atoms with van der Waals surface area (Å²) >= 11 is 0. The third-order valence-electron chi connectivity index (χ3n) is 3.24. The molecule has 9 heteroatoms. The average molecular weight is 315 g/mol. The number of ether oxygens (including phenoxy) is 1. The van der Waals surface area contributed by atoms with Crippen molar-refractivity contribution in [2.24, 2.45) is 0 Å². The molecule has 1 aromatic rings. The van der Waals surface area contributed by atoms with E-state index in [2.05, 4.69) is 10.0 Å². The molecule has 0 saturated carbocycles. The van der Waals surface area contributed by atoms with Gasteiger partial charge in [-0.3, -0.25) is 14.8 Å². The number of anilines is 1. The Bertz CT molecular complexity index is 626. The molecule has 2 rings (SSSR count). The number of hydrogen-bond acceptors (Lipinski definition) is 6. The molecule has 1 saturated heterocycles. The maximum absolute atomic E-state index is 12.1. The van der Waals surface area contributed by atoms with Gasteiger partial charge in [-0.2, -0.15) is 0 Å². The quantitative estimate of drug-likeness (QED) is 0.600. The highest BCUT2D eigenvalue weighted by atomic mass is 32.2. The lowest BCUT2D eigenvalue weighted by Crippen LogP contribution is -2.32. The molecular weight excluding hydrogens is 298 g/mol. The highest BCUT2D eigenvalue weighted by Crippen LogP contribution is 2.29. The number of rotatable bonds is 6. The zero-order chi connectivity index (χ0) is 15.5. The molecule has 0 bridgehead atoms. The first-order valence-electron chi connectivity index (χ1n) is 6.47. The van der Waals surface area contributed by atoms with Gasteiger partial charge in [0.15, 0.2) is 0 Å². The van der Waals surface area contributed by atoms with Gasteiger partial charge in [0, 0.05) is 12.1 Å². The predicted molar refractivity (Wildman–Crippen MR) is 78.1 cm³/mol. The van der Waals surface area contributed by atoms with E-state index in [-0.39, 0.29) is 28.9 Å². The zero-order valence-corrected chi connectivity index (χ0v) is 12.4. The Morgan fingerprint density at radius 3 is 2.86 bits per heavy atom. The Balaban J connectivity index is 2.15. The lowest BCUT2D eigenvalue weighted by Gasteiger charge is -2.14. The summed E-state index contributed by atoms with van der Waals surface area (Å²) in [5.74, 6) is 0.0832. The highest BCUT2D eigenvalue weighted by Gasteiger charge is 2.23. The molecule has 1 heterocycles. The summed E-state index contributed by atoms with van der Waals surface area (Å²) in [5, 5.41) is 13.8. The second-order valence-corrected chi connectivity index (χ2v) is 6.59. The van der Waals surface area contributed by atoms with Gasteiger partial charge >= 0.3 is 0 Å².